The van der Waals surface area contributed by atoms with Crippen LogP contribution in [0.1, 0.15) is 37.2 Å². The quantitative estimate of drug-likeness (QED) is 0.788. The predicted molar refractivity (Wildman–Crippen MR) is 63.9 cm³/mol. The van der Waals surface area contributed by atoms with Crippen LogP contribution in [0.4, 0.5) is 0 Å². The molecule has 0 aliphatic carbocycles. The van der Waals surface area contributed by atoms with Crippen LogP contribution < -0.4 is 5.32 Å². The number of aryl methyl sites for hydroxylation is 1. The number of carboxylic acids is 1. The number of aromatic nitrogens is 1. The zero-order chi connectivity index (χ0) is 12.8. The van der Waals surface area contributed by atoms with Gasteiger partial charge in [-0.2, -0.15) is 0 Å². The Morgan fingerprint density at radius 2 is 2.18 bits per heavy atom. The van der Waals surface area contributed by atoms with Gasteiger partial charge >= 0.3 is 5.97 Å². The van der Waals surface area contributed by atoms with Crippen molar-refractivity contribution in [3.63, 3.8) is 0 Å². The molecule has 1 heterocycles. The third kappa shape index (κ3) is 3.34. The van der Waals surface area contributed by atoms with Crippen LogP contribution in [-0.2, 0) is 11.3 Å². The number of carboxylic acid groups (broad SMARTS) is 1. The van der Waals surface area contributed by atoms with Gasteiger partial charge in [0.15, 0.2) is 0 Å². The van der Waals surface area contributed by atoms with Gasteiger partial charge in [-0.3, -0.25) is 4.79 Å². The third-order valence-corrected chi connectivity index (χ3v) is 2.58. The van der Waals surface area contributed by atoms with E-state index in [-0.39, 0.29) is 5.91 Å². The van der Waals surface area contributed by atoms with Crippen LogP contribution in [0.2, 0.25) is 0 Å². The first-order chi connectivity index (χ1) is 8.10. The lowest BCUT2D eigenvalue weighted by Gasteiger charge is -2.14. The highest BCUT2D eigenvalue weighted by Crippen LogP contribution is 2.04. The van der Waals surface area contributed by atoms with Crippen LogP contribution in [-0.4, -0.2) is 27.6 Å². The summed E-state index contributed by atoms with van der Waals surface area (Å²) in [5, 5.41) is 11.5. The highest BCUT2D eigenvalue weighted by atomic mass is 16.4. The molecule has 5 nitrogen and oxygen atoms in total. The molecule has 5 heteroatoms. The van der Waals surface area contributed by atoms with E-state index >= 15 is 0 Å². The topological polar surface area (TPSA) is 71.3 Å². The van der Waals surface area contributed by atoms with Gasteiger partial charge in [0.1, 0.15) is 11.7 Å². The molecule has 0 spiro atoms. The van der Waals surface area contributed by atoms with E-state index in [2.05, 4.69) is 5.32 Å². The first-order valence-corrected chi connectivity index (χ1v) is 5.79. The fraction of sp³-hybridized carbons (Fsp3) is 0.500. The summed E-state index contributed by atoms with van der Waals surface area (Å²) < 4.78 is 1.78. The normalized spacial score (nSPS) is 12.1. The summed E-state index contributed by atoms with van der Waals surface area (Å²) >= 11 is 0. The molecular formula is C12H18N2O3. The van der Waals surface area contributed by atoms with E-state index < -0.39 is 12.0 Å². The molecule has 0 radical (unpaired) electrons. The number of carbonyl (C=O) groups is 2. The molecule has 2 N–H and O–H groups in total. The molecule has 0 aliphatic rings. The van der Waals surface area contributed by atoms with Crippen molar-refractivity contribution in [3.05, 3.63) is 24.0 Å². The van der Waals surface area contributed by atoms with Crippen LogP contribution in [0.25, 0.3) is 0 Å². The van der Waals surface area contributed by atoms with Gasteiger partial charge in [0, 0.05) is 12.7 Å². The number of nitrogens with zero attached hydrogens (tertiary/aromatic N) is 1. The Morgan fingerprint density at radius 1 is 1.47 bits per heavy atom. The SMILES string of the molecule is CCC[C@@H](NC(=O)c1cccn1CC)C(=O)O. The van der Waals surface area contributed by atoms with Crippen LogP contribution in [0.15, 0.2) is 18.3 Å². The highest BCUT2D eigenvalue weighted by molar-refractivity contribution is 5.95. The van der Waals surface area contributed by atoms with Crippen molar-refractivity contribution in [2.24, 2.45) is 0 Å². The van der Waals surface area contributed by atoms with Crippen LogP contribution >= 0.6 is 0 Å². The number of hydrogen-bond donors (Lipinski definition) is 2. The summed E-state index contributed by atoms with van der Waals surface area (Å²) in [5.74, 6) is -1.33. The molecule has 1 atom stereocenters. The van der Waals surface area contributed by atoms with Gasteiger partial charge < -0.3 is 15.0 Å². The minimum atomic E-state index is -0.991. The Labute approximate surface area is 100 Å². The number of nitrogens with one attached hydrogen (secondary N) is 1. The molecule has 0 saturated carbocycles. The number of carbonyl (C=O) groups excluding carboxylic acids is 1. The molecule has 0 fully saturated rings. The summed E-state index contributed by atoms with van der Waals surface area (Å²) in [6.45, 7) is 4.50. The van der Waals surface area contributed by atoms with Gasteiger partial charge in [0.25, 0.3) is 5.91 Å². The summed E-state index contributed by atoms with van der Waals surface area (Å²) in [5.41, 5.74) is 0.495. The molecule has 0 bridgehead atoms. The van der Waals surface area contributed by atoms with Crippen molar-refractivity contribution in [3.8, 4) is 0 Å². The van der Waals surface area contributed by atoms with Crippen LogP contribution in [0.3, 0.4) is 0 Å². The maximum atomic E-state index is 11.9. The van der Waals surface area contributed by atoms with E-state index in [0.29, 0.717) is 25.1 Å². The summed E-state index contributed by atoms with van der Waals surface area (Å²) in [6.07, 6.45) is 2.95. The van der Waals surface area contributed by atoms with Crippen molar-refractivity contribution in [1.82, 2.24) is 9.88 Å². The van der Waals surface area contributed by atoms with Gasteiger partial charge in [-0.1, -0.05) is 13.3 Å². The van der Waals surface area contributed by atoms with Gasteiger partial charge in [-0.15, -0.1) is 0 Å². The average molecular weight is 238 g/mol. The molecule has 0 aliphatic heterocycles. The molecule has 94 valence electrons. The summed E-state index contributed by atoms with van der Waals surface area (Å²) in [4.78, 5) is 22.8. The van der Waals surface area contributed by atoms with Gasteiger partial charge in [0.05, 0.1) is 0 Å². The number of amides is 1. The van der Waals surface area contributed by atoms with Crippen molar-refractivity contribution in [2.45, 2.75) is 39.3 Å². The lowest BCUT2D eigenvalue weighted by molar-refractivity contribution is -0.139. The second-order valence-corrected chi connectivity index (χ2v) is 3.83. The number of hydrogen-bond acceptors (Lipinski definition) is 2. The van der Waals surface area contributed by atoms with E-state index in [1.807, 2.05) is 13.8 Å². The fourth-order valence-electron chi connectivity index (χ4n) is 1.67. The molecular weight excluding hydrogens is 220 g/mol. The minimum Gasteiger partial charge on any atom is -0.480 e. The Morgan fingerprint density at radius 3 is 2.71 bits per heavy atom. The van der Waals surface area contributed by atoms with Crippen molar-refractivity contribution < 1.29 is 14.7 Å². The Hall–Kier alpha value is -1.78. The predicted octanol–water partition coefficient (Wildman–Crippen LogP) is 1.49. The largest absolute Gasteiger partial charge is 0.480 e. The van der Waals surface area contributed by atoms with Crippen molar-refractivity contribution in [2.75, 3.05) is 0 Å². The van der Waals surface area contributed by atoms with Crippen molar-refractivity contribution in [1.29, 1.82) is 0 Å². The average Bonchev–Trinajstić information content (AvgIpc) is 2.76. The maximum absolute atomic E-state index is 11.9. The van der Waals surface area contributed by atoms with E-state index in [0.717, 1.165) is 0 Å². The fourth-order valence-corrected chi connectivity index (χ4v) is 1.67. The molecule has 1 amide bonds. The maximum Gasteiger partial charge on any atom is 0.326 e. The molecule has 1 aromatic heterocycles. The van der Waals surface area contributed by atoms with Gasteiger partial charge in [0.2, 0.25) is 0 Å². The lowest BCUT2D eigenvalue weighted by atomic mass is 10.1. The molecule has 0 saturated heterocycles. The highest BCUT2D eigenvalue weighted by Gasteiger charge is 2.20. The zero-order valence-electron chi connectivity index (χ0n) is 10.1. The lowest BCUT2D eigenvalue weighted by Crippen LogP contribution is -2.41. The van der Waals surface area contributed by atoms with E-state index in [1.165, 1.54) is 0 Å². The third-order valence-electron chi connectivity index (χ3n) is 2.58. The van der Waals surface area contributed by atoms with Gasteiger partial charge in [-0.05, 0) is 25.5 Å². The van der Waals surface area contributed by atoms with Crippen molar-refractivity contribution >= 4 is 11.9 Å². The second kappa shape index (κ2) is 6.08. The Kier molecular flexibility index (Phi) is 4.75. The Bertz CT molecular complexity index is 398. The van der Waals surface area contributed by atoms with Crippen LogP contribution in [0, 0.1) is 0 Å². The molecule has 0 unspecified atom stereocenters. The molecule has 0 aromatic carbocycles. The zero-order valence-corrected chi connectivity index (χ0v) is 10.1. The summed E-state index contributed by atoms with van der Waals surface area (Å²) in [6, 6.07) is 2.64. The Balaban J connectivity index is 2.73. The van der Waals surface area contributed by atoms with Gasteiger partial charge in [-0.25, -0.2) is 4.79 Å². The molecule has 1 aromatic rings. The van der Waals surface area contributed by atoms with E-state index in [4.69, 9.17) is 5.11 Å². The van der Waals surface area contributed by atoms with E-state index in [1.54, 1.807) is 22.9 Å². The smallest absolute Gasteiger partial charge is 0.326 e. The molecule has 1 rings (SSSR count). The monoisotopic (exact) mass is 238 g/mol. The molecule has 17 heavy (non-hydrogen) atoms. The first kappa shape index (κ1) is 13.3. The number of aliphatic carboxylic acids is 1. The second-order valence-electron chi connectivity index (χ2n) is 3.83. The van der Waals surface area contributed by atoms with Crippen LogP contribution in [0.5, 0.6) is 0 Å². The standard InChI is InChI=1S/C12H18N2O3/c1-3-6-9(12(16)17)13-11(15)10-7-5-8-14(10)4-2/h5,7-9H,3-4,6H2,1-2H3,(H,13,15)(H,16,17)/t9-/m1/s1. The number of rotatable bonds is 6. The minimum absolute atomic E-state index is 0.335. The first-order valence-electron chi connectivity index (χ1n) is 5.79. The van der Waals surface area contributed by atoms with E-state index in [9.17, 15) is 9.59 Å². The summed E-state index contributed by atoms with van der Waals surface area (Å²) in [7, 11) is 0.